The average Bonchev–Trinajstić information content (AvgIpc) is 2.68. The van der Waals surface area contributed by atoms with Crippen LogP contribution in [0.3, 0.4) is 0 Å². The first-order valence-corrected chi connectivity index (χ1v) is 9.64. The quantitative estimate of drug-likeness (QED) is 0.840. The summed E-state index contributed by atoms with van der Waals surface area (Å²) in [6, 6.07) is 11.5. The van der Waals surface area contributed by atoms with Gasteiger partial charge < -0.3 is 15.1 Å². The van der Waals surface area contributed by atoms with Crippen LogP contribution < -0.4 is 10.2 Å². The van der Waals surface area contributed by atoms with Crippen molar-refractivity contribution in [1.82, 2.24) is 10.2 Å². The Morgan fingerprint density at radius 1 is 1.18 bits per heavy atom. The molecule has 28 heavy (non-hydrogen) atoms. The van der Waals surface area contributed by atoms with Crippen LogP contribution in [0.2, 0.25) is 5.02 Å². The van der Waals surface area contributed by atoms with Crippen molar-refractivity contribution in [2.45, 2.75) is 24.9 Å². The molecule has 2 aromatic rings. The van der Waals surface area contributed by atoms with E-state index in [0.29, 0.717) is 48.6 Å². The van der Waals surface area contributed by atoms with Crippen LogP contribution in [0.5, 0.6) is 0 Å². The maximum Gasteiger partial charge on any atom is 0.255 e. The highest BCUT2D eigenvalue weighted by Gasteiger charge is 2.44. The molecule has 2 heterocycles. The zero-order valence-corrected chi connectivity index (χ0v) is 16.3. The van der Waals surface area contributed by atoms with Crippen LogP contribution in [0.1, 0.15) is 28.8 Å². The lowest BCUT2D eigenvalue weighted by molar-refractivity contribution is -0.132. The van der Waals surface area contributed by atoms with Gasteiger partial charge in [-0.25, -0.2) is 4.39 Å². The SMILES string of the molecule is CN1c2ccc(F)cc2C(=O)NC12CCN(C(=O)Cc1ccc(Cl)cc1)CC2. The summed E-state index contributed by atoms with van der Waals surface area (Å²) in [6.45, 7) is 1.10. The molecule has 1 saturated heterocycles. The number of amides is 2. The topological polar surface area (TPSA) is 52.7 Å². The van der Waals surface area contributed by atoms with Gasteiger partial charge in [0.25, 0.3) is 5.91 Å². The third-order valence-corrected chi connectivity index (χ3v) is 6.02. The molecular weight excluding hydrogens is 381 g/mol. The number of halogens is 2. The Morgan fingerprint density at radius 2 is 1.86 bits per heavy atom. The first-order chi connectivity index (χ1) is 13.4. The summed E-state index contributed by atoms with van der Waals surface area (Å²) < 4.78 is 13.5. The molecule has 2 amide bonds. The molecule has 1 fully saturated rings. The third kappa shape index (κ3) is 3.33. The molecule has 0 bridgehead atoms. The van der Waals surface area contributed by atoms with Gasteiger partial charge in [-0.15, -0.1) is 0 Å². The largest absolute Gasteiger partial charge is 0.351 e. The molecule has 146 valence electrons. The Kier molecular flexibility index (Phi) is 4.75. The van der Waals surface area contributed by atoms with Crippen LogP contribution in [0.15, 0.2) is 42.5 Å². The number of carbonyl (C=O) groups is 2. The normalized spacial score (nSPS) is 18.0. The summed E-state index contributed by atoms with van der Waals surface area (Å²) >= 11 is 5.89. The Bertz CT molecular complexity index is 924. The van der Waals surface area contributed by atoms with Crippen molar-refractivity contribution < 1.29 is 14.0 Å². The van der Waals surface area contributed by atoms with Gasteiger partial charge >= 0.3 is 0 Å². The van der Waals surface area contributed by atoms with E-state index in [0.717, 1.165) is 5.56 Å². The molecular formula is C21H21ClFN3O2. The summed E-state index contributed by atoms with van der Waals surface area (Å²) in [7, 11) is 1.90. The number of hydrogen-bond acceptors (Lipinski definition) is 3. The van der Waals surface area contributed by atoms with Crippen LogP contribution in [-0.4, -0.2) is 42.5 Å². The molecule has 2 aliphatic heterocycles. The van der Waals surface area contributed by atoms with E-state index in [1.807, 2.05) is 29.0 Å². The maximum absolute atomic E-state index is 13.5. The van der Waals surface area contributed by atoms with Gasteiger partial charge in [0.05, 0.1) is 17.7 Å². The summed E-state index contributed by atoms with van der Waals surface area (Å²) in [5.74, 6) is -0.640. The lowest BCUT2D eigenvalue weighted by Crippen LogP contribution is -2.67. The Morgan fingerprint density at radius 3 is 2.54 bits per heavy atom. The van der Waals surface area contributed by atoms with E-state index in [-0.39, 0.29) is 11.8 Å². The van der Waals surface area contributed by atoms with Gasteiger partial charge in [0.1, 0.15) is 11.5 Å². The fourth-order valence-electron chi connectivity index (χ4n) is 4.05. The second-order valence-electron chi connectivity index (χ2n) is 7.39. The third-order valence-electron chi connectivity index (χ3n) is 5.76. The minimum atomic E-state index is -0.557. The zero-order chi connectivity index (χ0) is 19.9. The summed E-state index contributed by atoms with van der Waals surface area (Å²) in [4.78, 5) is 29.0. The van der Waals surface area contributed by atoms with E-state index >= 15 is 0 Å². The van der Waals surface area contributed by atoms with Gasteiger partial charge in [0.2, 0.25) is 5.91 Å². The summed E-state index contributed by atoms with van der Waals surface area (Å²) in [5, 5.41) is 3.69. The Balaban J connectivity index is 1.46. The van der Waals surface area contributed by atoms with Crippen molar-refractivity contribution in [1.29, 1.82) is 0 Å². The highest BCUT2D eigenvalue weighted by atomic mass is 35.5. The number of carbonyl (C=O) groups excluding carboxylic acids is 2. The molecule has 2 aliphatic rings. The van der Waals surface area contributed by atoms with E-state index in [9.17, 15) is 14.0 Å². The van der Waals surface area contributed by atoms with Crippen molar-refractivity contribution in [3.63, 3.8) is 0 Å². The number of anilines is 1. The van der Waals surface area contributed by atoms with Gasteiger partial charge in [-0.05, 0) is 35.9 Å². The number of rotatable bonds is 2. The van der Waals surface area contributed by atoms with Crippen LogP contribution >= 0.6 is 11.6 Å². The molecule has 5 nitrogen and oxygen atoms in total. The van der Waals surface area contributed by atoms with Gasteiger partial charge in [-0.2, -0.15) is 0 Å². The lowest BCUT2D eigenvalue weighted by Gasteiger charge is -2.51. The van der Waals surface area contributed by atoms with Gasteiger partial charge in [-0.3, -0.25) is 9.59 Å². The van der Waals surface area contributed by atoms with E-state index in [4.69, 9.17) is 11.6 Å². The van der Waals surface area contributed by atoms with E-state index in [2.05, 4.69) is 5.32 Å². The minimum Gasteiger partial charge on any atom is -0.351 e. The number of fused-ring (bicyclic) bond motifs is 1. The number of nitrogens with zero attached hydrogens (tertiary/aromatic N) is 2. The molecule has 1 N–H and O–H groups in total. The number of likely N-dealkylation sites (tertiary alicyclic amines) is 1. The standard InChI is InChI=1S/C21H21ClFN3O2/c1-25-18-7-6-16(23)13-17(18)20(28)24-21(25)8-10-26(11-9-21)19(27)12-14-2-4-15(22)5-3-14/h2-7,13H,8-12H2,1H3,(H,24,28). The predicted molar refractivity (Wildman–Crippen MR) is 106 cm³/mol. The van der Waals surface area contributed by atoms with Crippen LogP contribution in [0.4, 0.5) is 10.1 Å². The molecule has 0 aliphatic carbocycles. The molecule has 1 spiro atoms. The average molecular weight is 402 g/mol. The summed E-state index contributed by atoms with van der Waals surface area (Å²) in [5.41, 5.74) is 1.42. The number of piperidine rings is 1. The van der Waals surface area contributed by atoms with Crippen molar-refractivity contribution in [3.05, 3.63) is 64.4 Å². The van der Waals surface area contributed by atoms with Gasteiger partial charge in [0.15, 0.2) is 0 Å². The Hall–Kier alpha value is -2.60. The molecule has 4 rings (SSSR count). The van der Waals surface area contributed by atoms with Crippen LogP contribution in [-0.2, 0) is 11.2 Å². The Labute approximate surface area is 168 Å². The molecule has 0 aromatic heterocycles. The van der Waals surface area contributed by atoms with Crippen molar-refractivity contribution in [3.8, 4) is 0 Å². The molecule has 0 atom stereocenters. The second kappa shape index (κ2) is 7.09. The molecule has 0 saturated carbocycles. The van der Waals surface area contributed by atoms with Crippen LogP contribution in [0, 0.1) is 5.82 Å². The maximum atomic E-state index is 13.5. The van der Waals surface area contributed by atoms with Gasteiger partial charge in [0, 0.05) is 38.0 Å². The van der Waals surface area contributed by atoms with E-state index < -0.39 is 11.5 Å². The highest BCUT2D eigenvalue weighted by molar-refractivity contribution is 6.30. The number of hydrogen-bond donors (Lipinski definition) is 1. The number of nitrogens with one attached hydrogen (secondary N) is 1. The van der Waals surface area contributed by atoms with Crippen molar-refractivity contribution in [2.75, 3.05) is 25.0 Å². The summed E-state index contributed by atoms with van der Waals surface area (Å²) in [6.07, 6.45) is 1.55. The smallest absolute Gasteiger partial charge is 0.255 e. The molecule has 7 heteroatoms. The molecule has 2 aromatic carbocycles. The fourth-order valence-corrected chi connectivity index (χ4v) is 4.18. The monoisotopic (exact) mass is 401 g/mol. The van der Waals surface area contributed by atoms with Crippen molar-refractivity contribution in [2.24, 2.45) is 0 Å². The first-order valence-electron chi connectivity index (χ1n) is 9.26. The zero-order valence-electron chi connectivity index (χ0n) is 15.5. The predicted octanol–water partition coefficient (Wildman–Crippen LogP) is 3.22. The first kappa shape index (κ1) is 18.7. The minimum absolute atomic E-state index is 0.0597. The van der Waals surface area contributed by atoms with E-state index in [1.165, 1.54) is 12.1 Å². The molecule has 0 unspecified atom stereocenters. The van der Waals surface area contributed by atoms with Crippen molar-refractivity contribution >= 4 is 29.1 Å². The second-order valence-corrected chi connectivity index (χ2v) is 7.83. The molecule has 0 radical (unpaired) electrons. The highest BCUT2D eigenvalue weighted by Crippen LogP contribution is 2.36. The fraction of sp³-hybridized carbons (Fsp3) is 0.333. The van der Waals surface area contributed by atoms with Gasteiger partial charge in [-0.1, -0.05) is 23.7 Å². The van der Waals surface area contributed by atoms with Crippen LogP contribution in [0.25, 0.3) is 0 Å². The van der Waals surface area contributed by atoms with E-state index in [1.54, 1.807) is 18.2 Å². The lowest BCUT2D eigenvalue weighted by atomic mass is 9.90. The number of benzene rings is 2.